The lowest BCUT2D eigenvalue weighted by atomic mass is 10.1. The zero-order valence-electron chi connectivity index (χ0n) is 14.4. The largest absolute Gasteiger partial charge is 0.462 e. The molecule has 6 heteroatoms. The fraction of sp³-hybridized carbons (Fsp3) is 0.150. The van der Waals surface area contributed by atoms with Gasteiger partial charge < -0.3 is 9.72 Å². The predicted octanol–water partition coefficient (Wildman–Crippen LogP) is 4.84. The molecule has 0 aliphatic carbocycles. The van der Waals surface area contributed by atoms with Crippen LogP contribution in [0.2, 0.25) is 0 Å². The number of imidazole rings is 1. The highest BCUT2D eigenvalue weighted by Gasteiger charge is 2.17. The molecule has 26 heavy (non-hydrogen) atoms. The maximum atomic E-state index is 12.0. The molecule has 0 amide bonds. The van der Waals surface area contributed by atoms with E-state index in [1.165, 1.54) is 11.3 Å². The highest BCUT2D eigenvalue weighted by Crippen LogP contribution is 2.30. The molecule has 4 aromatic rings. The number of aryl methyl sites for hydroxylation is 1. The van der Waals surface area contributed by atoms with Crippen LogP contribution in [0.1, 0.15) is 22.3 Å². The molecule has 0 aliphatic heterocycles. The zero-order valence-corrected chi connectivity index (χ0v) is 15.3. The summed E-state index contributed by atoms with van der Waals surface area (Å²) in [5, 5.41) is 0.807. The molecule has 0 saturated heterocycles. The van der Waals surface area contributed by atoms with Gasteiger partial charge in [0.25, 0.3) is 0 Å². The van der Waals surface area contributed by atoms with E-state index < -0.39 is 0 Å². The minimum absolute atomic E-state index is 0.312. The number of benzene rings is 2. The van der Waals surface area contributed by atoms with Crippen molar-refractivity contribution in [3.05, 3.63) is 59.1 Å². The number of ether oxygens (including phenoxy) is 1. The number of H-pyrrole nitrogens is 1. The number of nitrogens with zero attached hydrogens (tertiary/aromatic N) is 2. The van der Waals surface area contributed by atoms with Crippen LogP contribution in [0.5, 0.6) is 0 Å². The number of carbonyl (C=O) groups is 1. The number of rotatable bonds is 4. The second-order valence-electron chi connectivity index (χ2n) is 5.83. The van der Waals surface area contributed by atoms with Gasteiger partial charge in [-0.2, -0.15) is 0 Å². The maximum Gasteiger partial charge on any atom is 0.350 e. The Bertz CT molecular complexity index is 1050. The highest BCUT2D eigenvalue weighted by atomic mass is 32.1. The Morgan fingerprint density at radius 2 is 1.81 bits per heavy atom. The molecule has 1 N–H and O–H groups in total. The van der Waals surface area contributed by atoms with Gasteiger partial charge in [0, 0.05) is 11.1 Å². The van der Waals surface area contributed by atoms with Crippen LogP contribution in [-0.4, -0.2) is 27.5 Å². The number of aromatic amines is 1. The summed E-state index contributed by atoms with van der Waals surface area (Å²) < 4.78 is 5.08. The monoisotopic (exact) mass is 363 g/mol. The van der Waals surface area contributed by atoms with Crippen molar-refractivity contribution in [1.29, 1.82) is 0 Å². The number of hydrogen-bond donors (Lipinski definition) is 1. The van der Waals surface area contributed by atoms with Crippen molar-refractivity contribution in [3.63, 3.8) is 0 Å². The van der Waals surface area contributed by atoms with E-state index in [4.69, 9.17) is 4.74 Å². The second kappa shape index (κ2) is 6.72. The lowest BCUT2D eigenvalue weighted by Gasteiger charge is -1.99. The summed E-state index contributed by atoms with van der Waals surface area (Å²) in [5.41, 5.74) is 4.63. The first-order valence-electron chi connectivity index (χ1n) is 8.36. The van der Waals surface area contributed by atoms with Crippen LogP contribution in [-0.2, 0) is 4.74 Å². The van der Waals surface area contributed by atoms with E-state index in [1.807, 2.05) is 55.5 Å². The molecule has 0 saturated carbocycles. The first kappa shape index (κ1) is 16.5. The van der Waals surface area contributed by atoms with E-state index in [1.54, 1.807) is 6.92 Å². The van der Waals surface area contributed by atoms with Crippen LogP contribution in [0.4, 0.5) is 0 Å². The molecule has 5 nitrogen and oxygen atoms in total. The van der Waals surface area contributed by atoms with Crippen LogP contribution >= 0.6 is 11.3 Å². The van der Waals surface area contributed by atoms with Crippen LogP contribution < -0.4 is 0 Å². The van der Waals surface area contributed by atoms with Crippen molar-refractivity contribution in [2.24, 2.45) is 0 Å². The summed E-state index contributed by atoms with van der Waals surface area (Å²) in [4.78, 5) is 25.0. The SMILES string of the molecule is CCOC(=O)c1sc(-c2ccc(-c3nc4ccccc4[nH]3)cc2)nc1C. The number of carbonyl (C=O) groups excluding carboxylic acids is 1. The van der Waals surface area contributed by atoms with Crippen molar-refractivity contribution >= 4 is 28.3 Å². The summed E-state index contributed by atoms with van der Waals surface area (Å²) >= 11 is 1.36. The highest BCUT2D eigenvalue weighted by molar-refractivity contribution is 7.17. The van der Waals surface area contributed by atoms with Gasteiger partial charge in [-0.1, -0.05) is 36.4 Å². The van der Waals surface area contributed by atoms with Gasteiger partial charge in [-0.15, -0.1) is 11.3 Å². The summed E-state index contributed by atoms with van der Waals surface area (Å²) in [6.45, 7) is 3.98. The molecule has 0 bridgehead atoms. The van der Waals surface area contributed by atoms with Crippen molar-refractivity contribution < 1.29 is 9.53 Å². The molecule has 0 spiro atoms. The van der Waals surface area contributed by atoms with Gasteiger partial charge in [0.05, 0.1) is 23.3 Å². The van der Waals surface area contributed by atoms with Crippen LogP contribution in [0.15, 0.2) is 48.5 Å². The molecule has 0 radical (unpaired) electrons. The summed E-state index contributed by atoms with van der Waals surface area (Å²) in [7, 11) is 0. The minimum atomic E-state index is -0.312. The molecule has 2 heterocycles. The normalized spacial score (nSPS) is 11.0. The van der Waals surface area contributed by atoms with E-state index in [2.05, 4.69) is 15.0 Å². The Morgan fingerprint density at radius 3 is 2.54 bits per heavy atom. The molecule has 2 aromatic heterocycles. The number of aromatic nitrogens is 3. The minimum Gasteiger partial charge on any atom is -0.462 e. The third-order valence-corrected chi connectivity index (χ3v) is 5.24. The van der Waals surface area contributed by atoms with Gasteiger partial charge in [-0.25, -0.2) is 14.8 Å². The molecule has 4 rings (SSSR count). The molecular weight excluding hydrogens is 346 g/mol. The van der Waals surface area contributed by atoms with E-state index >= 15 is 0 Å². The quantitative estimate of drug-likeness (QED) is 0.527. The number of fused-ring (bicyclic) bond motifs is 1. The van der Waals surface area contributed by atoms with Gasteiger partial charge in [-0.3, -0.25) is 0 Å². The molecule has 0 unspecified atom stereocenters. The van der Waals surface area contributed by atoms with Crippen LogP contribution in [0.3, 0.4) is 0 Å². The van der Waals surface area contributed by atoms with E-state index in [0.717, 1.165) is 33.0 Å². The first-order valence-corrected chi connectivity index (χ1v) is 9.17. The molecule has 0 fully saturated rings. The van der Waals surface area contributed by atoms with Crippen LogP contribution in [0.25, 0.3) is 33.0 Å². The number of esters is 1. The van der Waals surface area contributed by atoms with Crippen LogP contribution in [0, 0.1) is 6.92 Å². The van der Waals surface area contributed by atoms with Gasteiger partial charge >= 0.3 is 5.97 Å². The Hall–Kier alpha value is -2.99. The van der Waals surface area contributed by atoms with Crippen molar-refractivity contribution in [1.82, 2.24) is 15.0 Å². The van der Waals surface area contributed by atoms with Crippen molar-refractivity contribution in [2.45, 2.75) is 13.8 Å². The van der Waals surface area contributed by atoms with Gasteiger partial charge in [0.15, 0.2) is 0 Å². The molecule has 2 aromatic carbocycles. The van der Waals surface area contributed by atoms with E-state index in [9.17, 15) is 4.79 Å². The van der Waals surface area contributed by atoms with Gasteiger partial charge in [0.2, 0.25) is 0 Å². The molecule has 0 atom stereocenters. The van der Waals surface area contributed by atoms with Crippen molar-refractivity contribution in [3.8, 4) is 22.0 Å². The summed E-state index contributed by atoms with van der Waals surface area (Å²) in [6, 6.07) is 16.0. The Morgan fingerprint density at radius 1 is 1.08 bits per heavy atom. The fourth-order valence-electron chi connectivity index (χ4n) is 2.77. The Kier molecular flexibility index (Phi) is 4.26. The van der Waals surface area contributed by atoms with Gasteiger partial charge in [0.1, 0.15) is 15.7 Å². The number of thiazole rings is 1. The third-order valence-electron chi connectivity index (χ3n) is 4.05. The zero-order chi connectivity index (χ0) is 18.1. The number of nitrogens with one attached hydrogen (secondary N) is 1. The lowest BCUT2D eigenvalue weighted by molar-refractivity contribution is 0.0531. The molecule has 130 valence electrons. The third kappa shape index (κ3) is 2.99. The molecular formula is C20H17N3O2S. The second-order valence-corrected chi connectivity index (χ2v) is 6.83. The average molecular weight is 363 g/mol. The number of hydrogen-bond acceptors (Lipinski definition) is 5. The van der Waals surface area contributed by atoms with E-state index in [-0.39, 0.29) is 5.97 Å². The summed E-state index contributed by atoms with van der Waals surface area (Å²) in [6.07, 6.45) is 0. The topological polar surface area (TPSA) is 67.9 Å². The maximum absolute atomic E-state index is 12.0. The summed E-state index contributed by atoms with van der Waals surface area (Å²) in [5.74, 6) is 0.521. The Balaban J connectivity index is 1.64. The Labute approximate surface area is 154 Å². The molecule has 0 aliphatic rings. The smallest absolute Gasteiger partial charge is 0.350 e. The van der Waals surface area contributed by atoms with Gasteiger partial charge in [-0.05, 0) is 26.0 Å². The average Bonchev–Trinajstić information content (AvgIpc) is 3.25. The fourth-order valence-corrected chi connectivity index (χ4v) is 3.73. The standard InChI is InChI=1S/C20H17N3O2S/c1-3-25-20(24)17-12(2)21-19(26-17)14-10-8-13(9-11-14)18-22-15-6-4-5-7-16(15)23-18/h4-11H,3H2,1-2H3,(H,22,23). The predicted molar refractivity (Wildman–Crippen MR) is 103 cm³/mol. The van der Waals surface area contributed by atoms with E-state index in [0.29, 0.717) is 17.2 Å². The lowest BCUT2D eigenvalue weighted by Crippen LogP contribution is -2.03. The number of para-hydroxylation sites is 2. The first-order chi connectivity index (χ1) is 12.7. The van der Waals surface area contributed by atoms with Crippen molar-refractivity contribution in [2.75, 3.05) is 6.61 Å².